The molecule has 6 rings (SSSR count). The predicted molar refractivity (Wildman–Crippen MR) is 146 cm³/mol. The van der Waals surface area contributed by atoms with Crippen LogP contribution in [0.3, 0.4) is 0 Å². The standard InChI is InChI=1S/C29H33N7O2/c1-17(2)38-27-25(12-20-14-36(21-4-5-21)9-7-24(20)33-27)35-28-31-8-6-23(34-28)18-10-19(13-30)26-22(11-18)29(3,16-37)15-32-26/h6,8,10-12,17,21,32,37H,4-5,7,9,14-16H2,1-3H3,(H,31,34,35). The third-order valence-electron chi connectivity index (χ3n) is 7.69. The summed E-state index contributed by atoms with van der Waals surface area (Å²) in [6.45, 7) is 8.48. The number of aliphatic hydroxyl groups is 1. The minimum absolute atomic E-state index is 0.0139. The van der Waals surface area contributed by atoms with Crippen molar-refractivity contribution in [2.24, 2.45) is 0 Å². The molecule has 1 aliphatic carbocycles. The van der Waals surface area contributed by atoms with Crippen LogP contribution in [0.2, 0.25) is 0 Å². The average molecular weight is 512 g/mol. The van der Waals surface area contributed by atoms with Gasteiger partial charge in [0.2, 0.25) is 11.8 Å². The minimum Gasteiger partial charge on any atom is -0.473 e. The maximum atomic E-state index is 10.0. The number of nitrogens with zero attached hydrogens (tertiary/aromatic N) is 5. The Morgan fingerprint density at radius 1 is 1.29 bits per heavy atom. The molecule has 9 nitrogen and oxygen atoms in total. The van der Waals surface area contributed by atoms with Gasteiger partial charge >= 0.3 is 0 Å². The van der Waals surface area contributed by atoms with Crippen molar-refractivity contribution in [3.05, 3.63) is 52.8 Å². The Morgan fingerprint density at radius 2 is 2.13 bits per heavy atom. The molecule has 1 aromatic carbocycles. The molecule has 2 aliphatic heterocycles. The molecule has 0 spiro atoms. The third kappa shape index (κ3) is 4.55. The second-order valence-electron chi connectivity index (χ2n) is 11.1. The van der Waals surface area contributed by atoms with Crippen LogP contribution < -0.4 is 15.4 Å². The Hall–Kier alpha value is -3.74. The van der Waals surface area contributed by atoms with Crippen molar-refractivity contribution in [2.45, 2.75) is 64.1 Å². The van der Waals surface area contributed by atoms with Crippen molar-refractivity contribution in [1.82, 2.24) is 19.9 Å². The van der Waals surface area contributed by atoms with Gasteiger partial charge in [0.05, 0.1) is 35.3 Å². The van der Waals surface area contributed by atoms with Gasteiger partial charge in [0.15, 0.2) is 0 Å². The summed E-state index contributed by atoms with van der Waals surface area (Å²) in [6.07, 6.45) is 5.18. The van der Waals surface area contributed by atoms with Gasteiger partial charge in [0.1, 0.15) is 11.8 Å². The monoisotopic (exact) mass is 511 g/mol. The Morgan fingerprint density at radius 3 is 2.87 bits per heavy atom. The number of hydrogen-bond acceptors (Lipinski definition) is 9. The summed E-state index contributed by atoms with van der Waals surface area (Å²) in [5.41, 5.74) is 6.33. The van der Waals surface area contributed by atoms with Crippen LogP contribution in [0.25, 0.3) is 11.3 Å². The van der Waals surface area contributed by atoms with E-state index >= 15 is 0 Å². The predicted octanol–water partition coefficient (Wildman–Crippen LogP) is 4.14. The van der Waals surface area contributed by atoms with Gasteiger partial charge in [0, 0.05) is 49.3 Å². The summed E-state index contributed by atoms with van der Waals surface area (Å²) in [5, 5.41) is 26.5. The Bertz CT molecular complexity index is 1430. The van der Waals surface area contributed by atoms with E-state index in [-0.39, 0.29) is 12.7 Å². The summed E-state index contributed by atoms with van der Waals surface area (Å²) in [7, 11) is 0. The van der Waals surface area contributed by atoms with E-state index in [9.17, 15) is 10.4 Å². The molecular formula is C29H33N7O2. The fraction of sp³-hybridized carbons (Fsp3) is 0.448. The van der Waals surface area contributed by atoms with E-state index in [0.29, 0.717) is 35.7 Å². The lowest BCUT2D eigenvalue weighted by Gasteiger charge is -2.29. The van der Waals surface area contributed by atoms with Crippen LogP contribution in [0.5, 0.6) is 5.88 Å². The number of fused-ring (bicyclic) bond motifs is 2. The first-order chi connectivity index (χ1) is 18.4. The Labute approximate surface area is 222 Å². The SMILES string of the molecule is CC(C)Oc1nc2c(cc1Nc1nccc(-c3cc(C#N)c4c(c3)C(C)(CO)CN4)n1)CN(C1CC1)CC2. The maximum absolute atomic E-state index is 10.0. The normalized spacial score (nSPS) is 20.4. The summed E-state index contributed by atoms with van der Waals surface area (Å²) >= 11 is 0. The summed E-state index contributed by atoms with van der Waals surface area (Å²) in [4.78, 5) is 16.7. The summed E-state index contributed by atoms with van der Waals surface area (Å²) in [6, 6.07) is 10.8. The molecule has 3 N–H and O–H groups in total. The zero-order chi connectivity index (χ0) is 26.4. The second kappa shape index (κ2) is 9.53. The highest BCUT2D eigenvalue weighted by Crippen LogP contribution is 2.41. The first-order valence-corrected chi connectivity index (χ1v) is 13.3. The molecule has 0 amide bonds. The highest BCUT2D eigenvalue weighted by molar-refractivity contribution is 5.76. The van der Waals surface area contributed by atoms with Gasteiger partial charge in [-0.05, 0) is 62.1 Å². The summed E-state index contributed by atoms with van der Waals surface area (Å²) < 4.78 is 6.09. The largest absolute Gasteiger partial charge is 0.473 e. The van der Waals surface area contributed by atoms with E-state index in [1.165, 1.54) is 18.4 Å². The Balaban J connectivity index is 1.34. The Kier molecular flexibility index (Phi) is 6.17. The molecule has 0 radical (unpaired) electrons. The number of aliphatic hydroxyl groups excluding tert-OH is 1. The van der Waals surface area contributed by atoms with E-state index in [0.717, 1.165) is 47.7 Å². The van der Waals surface area contributed by atoms with Crippen molar-refractivity contribution in [1.29, 1.82) is 5.26 Å². The molecule has 196 valence electrons. The smallest absolute Gasteiger partial charge is 0.238 e. The van der Waals surface area contributed by atoms with Gasteiger partial charge in [-0.1, -0.05) is 6.92 Å². The molecule has 1 saturated carbocycles. The van der Waals surface area contributed by atoms with Gasteiger partial charge < -0.3 is 20.5 Å². The van der Waals surface area contributed by atoms with Crippen molar-refractivity contribution < 1.29 is 9.84 Å². The molecular weight excluding hydrogens is 478 g/mol. The molecule has 38 heavy (non-hydrogen) atoms. The zero-order valence-electron chi connectivity index (χ0n) is 22.1. The van der Waals surface area contributed by atoms with Crippen LogP contribution >= 0.6 is 0 Å². The topological polar surface area (TPSA) is 119 Å². The maximum Gasteiger partial charge on any atom is 0.238 e. The lowest BCUT2D eigenvalue weighted by molar-refractivity contribution is 0.219. The first kappa shape index (κ1) is 24.6. The van der Waals surface area contributed by atoms with E-state index in [2.05, 4.69) is 32.7 Å². The van der Waals surface area contributed by atoms with Gasteiger partial charge in [-0.25, -0.2) is 15.0 Å². The second-order valence-corrected chi connectivity index (χ2v) is 11.1. The van der Waals surface area contributed by atoms with Crippen LogP contribution in [-0.4, -0.2) is 56.8 Å². The van der Waals surface area contributed by atoms with E-state index in [1.54, 1.807) is 6.20 Å². The quantitative estimate of drug-likeness (QED) is 0.430. The molecule has 0 bridgehead atoms. The molecule has 0 saturated heterocycles. The van der Waals surface area contributed by atoms with Crippen LogP contribution in [0.1, 0.15) is 56.0 Å². The number of rotatable bonds is 7. The molecule has 9 heteroatoms. The van der Waals surface area contributed by atoms with Crippen molar-refractivity contribution in [3.8, 4) is 23.2 Å². The van der Waals surface area contributed by atoms with Crippen molar-refractivity contribution in [2.75, 3.05) is 30.3 Å². The van der Waals surface area contributed by atoms with E-state index in [4.69, 9.17) is 14.7 Å². The van der Waals surface area contributed by atoms with Gasteiger partial charge in [-0.2, -0.15) is 5.26 Å². The van der Waals surface area contributed by atoms with Crippen LogP contribution in [0.15, 0.2) is 30.5 Å². The molecule has 1 unspecified atom stereocenters. The van der Waals surface area contributed by atoms with E-state index < -0.39 is 5.41 Å². The fourth-order valence-electron chi connectivity index (χ4n) is 5.39. The number of pyridine rings is 1. The average Bonchev–Trinajstić information content (AvgIpc) is 3.71. The highest BCUT2D eigenvalue weighted by Gasteiger charge is 2.36. The molecule has 2 aromatic heterocycles. The van der Waals surface area contributed by atoms with Crippen LogP contribution in [0.4, 0.5) is 17.3 Å². The molecule has 3 aromatic rings. The molecule has 4 heterocycles. The number of anilines is 3. The van der Waals surface area contributed by atoms with Crippen molar-refractivity contribution >= 4 is 17.3 Å². The van der Waals surface area contributed by atoms with Crippen molar-refractivity contribution in [3.63, 3.8) is 0 Å². The lowest BCUT2D eigenvalue weighted by atomic mass is 9.83. The lowest BCUT2D eigenvalue weighted by Crippen LogP contribution is -2.33. The highest BCUT2D eigenvalue weighted by atomic mass is 16.5. The summed E-state index contributed by atoms with van der Waals surface area (Å²) in [5.74, 6) is 0.983. The first-order valence-electron chi connectivity index (χ1n) is 13.3. The van der Waals surface area contributed by atoms with E-state index in [1.807, 2.05) is 39.0 Å². The molecule has 1 fully saturated rings. The number of ether oxygens (including phenoxy) is 1. The number of nitrogens with one attached hydrogen (secondary N) is 2. The van der Waals surface area contributed by atoms with Gasteiger partial charge in [-0.3, -0.25) is 4.90 Å². The van der Waals surface area contributed by atoms with Gasteiger partial charge in [0.25, 0.3) is 0 Å². The van der Waals surface area contributed by atoms with Crippen LogP contribution in [-0.2, 0) is 18.4 Å². The van der Waals surface area contributed by atoms with Gasteiger partial charge in [-0.15, -0.1) is 0 Å². The number of benzene rings is 1. The number of nitriles is 1. The number of aromatic nitrogens is 3. The fourth-order valence-corrected chi connectivity index (χ4v) is 5.39. The minimum atomic E-state index is -0.461. The van der Waals surface area contributed by atoms with Crippen LogP contribution in [0, 0.1) is 11.3 Å². The molecule has 1 atom stereocenters. The number of hydrogen-bond donors (Lipinski definition) is 3. The molecule has 3 aliphatic rings. The zero-order valence-corrected chi connectivity index (χ0v) is 22.1. The third-order valence-corrected chi connectivity index (χ3v) is 7.69.